The molecule has 0 saturated heterocycles. The number of benzene rings is 1. The predicted molar refractivity (Wildman–Crippen MR) is 75.9 cm³/mol. The second kappa shape index (κ2) is 5.43. The van der Waals surface area contributed by atoms with Gasteiger partial charge in [0.2, 0.25) is 11.7 Å². The molecule has 124 valence electrons. The number of hydrogen-bond acceptors (Lipinski definition) is 5. The van der Waals surface area contributed by atoms with E-state index in [0.29, 0.717) is 5.89 Å². The minimum atomic E-state index is -4.42. The lowest BCUT2D eigenvalue weighted by molar-refractivity contribution is -0.137. The number of aromatic nitrogens is 5. The number of fused-ring (bicyclic) bond motifs is 1. The van der Waals surface area contributed by atoms with Crippen LogP contribution in [0.5, 0.6) is 0 Å². The number of H-pyrrole nitrogens is 1. The summed E-state index contributed by atoms with van der Waals surface area (Å²) in [4.78, 5) is 4.28. The van der Waals surface area contributed by atoms with E-state index in [-0.39, 0.29) is 17.3 Å². The zero-order valence-corrected chi connectivity index (χ0v) is 12.3. The van der Waals surface area contributed by atoms with E-state index in [9.17, 15) is 13.2 Å². The summed E-state index contributed by atoms with van der Waals surface area (Å²) in [5, 5.41) is 14.6. The van der Waals surface area contributed by atoms with E-state index in [1.165, 1.54) is 12.1 Å². The van der Waals surface area contributed by atoms with Crippen molar-refractivity contribution in [3.05, 3.63) is 47.1 Å². The summed E-state index contributed by atoms with van der Waals surface area (Å²) >= 11 is 0. The molecule has 6 nitrogen and oxygen atoms in total. The number of aromatic amines is 1. The van der Waals surface area contributed by atoms with Crippen LogP contribution in [0.4, 0.5) is 13.2 Å². The van der Waals surface area contributed by atoms with Crippen LogP contribution in [0.2, 0.25) is 0 Å². The molecular formula is C15H12F3N5O. The minimum Gasteiger partial charge on any atom is -0.338 e. The monoisotopic (exact) mass is 335 g/mol. The van der Waals surface area contributed by atoms with Gasteiger partial charge in [0.15, 0.2) is 0 Å². The van der Waals surface area contributed by atoms with Gasteiger partial charge < -0.3 is 4.52 Å². The number of hydrogen-bond donors (Lipinski definition) is 1. The third kappa shape index (κ3) is 2.55. The maximum Gasteiger partial charge on any atom is 0.416 e. The summed E-state index contributed by atoms with van der Waals surface area (Å²) in [6, 6.07) is 4.86. The molecule has 0 fully saturated rings. The SMILES string of the molecule is FC(F)(F)c1cccc(-c2noc(C3CCCc4n[nH]nc43)n2)c1. The lowest BCUT2D eigenvalue weighted by Crippen LogP contribution is -2.11. The van der Waals surface area contributed by atoms with Gasteiger partial charge in [0, 0.05) is 5.56 Å². The Morgan fingerprint density at radius 2 is 2.08 bits per heavy atom. The van der Waals surface area contributed by atoms with Crippen LogP contribution in [0.15, 0.2) is 28.8 Å². The maximum absolute atomic E-state index is 12.8. The van der Waals surface area contributed by atoms with Crippen molar-refractivity contribution in [2.75, 3.05) is 0 Å². The summed E-state index contributed by atoms with van der Waals surface area (Å²) in [6.45, 7) is 0. The van der Waals surface area contributed by atoms with Crippen LogP contribution in [0.1, 0.15) is 41.6 Å². The van der Waals surface area contributed by atoms with Gasteiger partial charge >= 0.3 is 6.18 Å². The second-order valence-corrected chi connectivity index (χ2v) is 5.64. The van der Waals surface area contributed by atoms with Gasteiger partial charge in [-0.1, -0.05) is 17.3 Å². The predicted octanol–water partition coefficient (Wildman–Crippen LogP) is 3.34. The van der Waals surface area contributed by atoms with Crippen molar-refractivity contribution in [2.24, 2.45) is 0 Å². The Labute approximate surface area is 134 Å². The number of halogens is 3. The summed E-state index contributed by atoms with van der Waals surface area (Å²) in [5.74, 6) is 0.295. The first-order valence-corrected chi connectivity index (χ1v) is 7.43. The molecule has 1 aliphatic rings. The smallest absolute Gasteiger partial charge is 0.338 e. The van der Waals surface area contributed by atoms with Gasteiger partial charge in [-0.2, -0.15) is 33.6 Å². The molecule has 1 aromatic carbocycles. The van der Waals surface area contributed by atoms with E-state index >= 15 is 0 Å². The van der Waals surface area contributed by atoms with Gasteiger partial charge in [-0.25, -0.2) is 0 Å². The summed E-state index contributed by atoms with van der Waals surface area (Å²) < 4.78 is 43.8. The van der Waals surface area contributed by atoms with Gasteiger partial charge in [0.25, 0.3) is 0 Å². The molecule has 1 N–H and O–H groups in total. The highest BCUT2D eigenvalue weighted by atomic mass is 19.4. The van der Waals surface area contributed by atoms with Crippen molar-refractivity contribution in [2.45, 2.75) is 31.4 Å². The molecule has 0 aliphatic heterocycles. The van der Waals surface area contributed by atoms with Crippen LogP contribution in [0, 0.1) is 0 Å². The van der Waals surface area contributed by atoms with Gasteiger partial charge in [0.05, 0.1) is 22.9 Å². The summed E-state index contributed by atoms with van der Waals surface area (Å²) in [5.41, 5.74) is 1.14. The molecular weight excluding hydrogens is 323 g/mol. The Kier molecular flexibility index (Phi) is 3.36. The van der Waals surface area contributed by atoms with E-state index in [1.807, 2.05) is 0 Å². The molecule has 0 bridgehead atoms. The third-order valence-electron chi connectivity index (χ3n) is 4.08. The quantitative estimate of drug-likeness (QED) is 0.777. The molecule has 1 unspecified atom stereocenters. The van der Waals surface area contributed by atoms with E-state index in [2.05, 4.69) is 25.6 Å². The molecule has 2 heterocycles. The van der Waals surface area contributed by atoms with Crippen molar-refractivity contribution in [3.8, 4) is 11.4 Å². The molecule has 24 heavy (non-hydrogen) atoms. The average molecular weight is 335 g/mol. The Morgan fingerprint density at radius 1 is 1.21 bits per heavy atom. The van der Waals surface area contributed by atoms with Gasteiger partial charge in [0.1, 0.15) is 0 Å². The summed E-state index contributed by atoms with van der Waals surface area (Å²) in [7, 11) is 0. The van der Waals surface area contributed by atoms with Gasteiger partial charge in [-0.15, -0.1) is 0 Å². The van der Waals surface area contributed by atoms with Crippen molar-refractivity contribution < 1.29 is 17.7 Å². The first-order chi connectivity index (χ1) is 11.5. The van der Waals surface area contributed by atoms with E-state index in [4.69, 9.17) is 4.52 Å². The Hall–Kier alpha value is -2.71. The first kappa shape index (κ1) is 14.9. The molecule has 4 rings (SSSR count). The molecule has 1 aliphatic carbocycles. The van der Waals surface area contributed by atoms with Crippen LogP contribution >= 0.6 is 0 Å². The largest absolute Gasteiger partial charge is 0.416 e. The highest BCUT2D eigenvalue weighted by Crippen LogP contribution is 2.35. The zero-order chi connectivity index (χ0) is 16.7. The standard InChI is InChI=1S/C15H12F3N5O/c16-15(17,18)9-4-1-3-8(7-9)13-19-14(24-22-13)10-5-2-6-11-12(10)21-23-20-11/h1,3-4,7,10H,2,5-6H2,(H,20,21,23). The fourth-order valence-corrected chi connectivity index (χ4v) is 2.90. The maximum atomic E-state index is 12.8. The molecule has 1 atom stereocenters. The highest BCUT2D eigenvalue weighted by molar-refractivity contribution is 5.56. The Morgan fingerprint density at radius 3 is 2.92 bits per heavy atom. The highest BCUT2D eigenvalue weighted by Gasteiger charge is 2.32. The third-order valence-corrected chi connectivity index (χ3v) is 4.08. The van der Waals surface area contributed by atoms with Crippen LogP contribution in [0.3, 0.4) is 0 Å². The number of nitrogens with zero attached hydrogens (tertiary/aromatic N) is 4. The number of aryl methyl sites for hydroxylation is 1. The Balaban J connectivity index is 1.67. The van der Waals surface area contributed by atoms with Crippen molar-refractivity contribution in [1.29, 1.82) is 0 Å². The lowest BCUT2D eigenvalue weighted by atomic mass is 9.90. The molecule has 0 saturated carbocycles. The number of alkyl halides is 3. The Bertz CT molecular complexity index is 870. The average Bonchev–Trinajstić information content (AvgIpc) is 3.23. The molecule has 3 aromatic rings. The van der Waals surface area contributed by atoms with E-state index in [1.54, 1.807) is 0 Å². The van der Waals surface area contributed by atoms with Crippen molar-refractivity contribution in [3.63, 3.8) is 0 Å². The van der Waals surface area contributed by atoms with Crippen molar-refractivity contribution in [1.82, 2.24) is 25.6 Å². The van der Waals surface area contributed by atoms with Gasteiger partial charge in [-0.05, 0) is 31.4 Å². The zero-order valence-electron chi connectivity index (χ0n) is 12.3. The normalized spacial score (nSPS) is 17.7. The molecule has 0 radical (unpaired) electrons. The van der Waals surface area contributed by atoms with Crippen LogP contribution in [0.25, 0.3) is 11.4 Å². The number of rotatable bonds is 2. The summed E-state index contributed by atoms with van der Waals surface area (Å²) in [6.07, 6.45) is -1.90. The van der Waals surface area contributed by atoms with Crippen LogP contribution < -0.4 is 0 Å². The fraction of sp³-hybridized carbons (Fsp3) is 0.333. The van der Waals surface area contributed by atoms with Gasteiger partial charge in [-0.3, -0.25) is 0 Å². The minimum absolute atomic E-state index is 0.131. The fourth-order valence-electron chi connectivity index (χ4n) is 2.90. The molecule has 2 aromatic heterocycles. The van der Waals surface area contributed by atoms with E-state index < -0.39 is 11.7 Å². The van der Waals surface area contributed by atoms with E-state index in [0.717, 1.165) is 42.8 Å². The number of nitrogens with one attached hydrogen (secondary N) is 1. The lowest BCUT2D eigenvalue weighted by Gasteiger charge is -2.15. The second-order valence-electron chi connectivity index (χ2n) is 5.64. The van der Waals surface area contributed by atoms with Crippen LogP contribution in [-0.2, 0) is 12.6 Å². The topological polar surface area (TPSA) is 80.5 Å². The molecule has 0 amide bonds. The molecule has 9 heteroatoms. The van der Waals surface area contributed by atoms with Crippen molar-refractivity contribution >= 4 is 0 Å². The first-order valence-electron chi connectivity index (χ1n) is 7.43. The molecule has 0 spiro atoms. The van der Waals surface area contributed by atoms with Crippen LogP contribution in [-0.4, -0.2) is 25.6 Å².